The van der Waals surface area contributed by atoms with Crippen LogP contribution >= 0.6 is 23.2 Å². The predicted octanol–water partition coefficient (Wildman–Crippen LogP) is 7.78. The maximum atomic E-state index is 14.5. The molecule has 7 rings (SSSR count). The van der Waals surface area contributed by atoms with E-state index < -0.39 is 28.5 Å². The molecule has 4 saturated carbocycles. The molecule has 10 heteroatoms. The van der Waals surface area contributed by atoms with Gasteiger partial charge in [-0.3, -0.25) is 13.9 Å². The van der Waals surface area contributed by atoms with E-state index in [1.807, 2.05) is 49.4 Å². The monoisotopic (exact) mass is 723 g/mol. The Morgan fingerprint density at radius 2 is 1.47 bits per heavy atom. The van der Waals surface area contributed by atoms with Crippen molar-refractivity contribution < 1.29 is 18.0 Å². The highest BCUT2D eigenvalue weighted by molar-refractivity contribution is 7.92. The van der Waals surface area contributed by atoms with Gasteiger partial charge in [-0.05, 0) is 104 Å². The lowest BCUT2D eigenvalue weighted by Gasteiger charge is -2.57. The van der Waals surface area contributed by atoms with Crippen LogP contribution in [-0.4, -0.2) is 50.5 Å². The number of amides is 2. The zero-order valence-electron chi connectivity index (χ0n) is 28.4. The summed E-state index contributed by atoms with van der Waals surface area (Å²) in [5, 5.41) is 3.71. The third-order valence-corrected chi connectivity index (χ3v) is 12.8. The number of hydrogen-bond acceptors (Lipinski definition) is 4. The first kappa shape index (κ1) is 35.7. The number of nitrogens with one attached hydrogen (secondary N) is 1. The average Bonchev–Trinajstić information content (AvgIpc) is 3.06. The molecule has 1 unspecified atom stereocenters. The number of hydrogen-bond donors (Lipinski definition) is 1. The number of carbonyl (C=O) groups is 2. The summed E-state index contributed by atoms with van der Waals surface area (Å²) < 4.78 is 27.9. The predicted molar refractivity (Wildman–Crippen MR) is 197 cm³/mol. The van der Waals surface area contributed by atoms with Gasteiger partial charge in [0.25, 0.3) is 0 Å². The third kappa shape index (κ3) is 8.13. The van der Waals surface area contributed by atoms with E-state index >= 15 is 0 Å². The second-order valence-electron chi connectivity index (χ2n) is 14.6. The minimum absolute atomic E-state index is 0.0708. The van der Waals surface area contributed by atoms with Gasteiger partial charge in [0.2, 0.25) is 21.8 Å². The number of rotatable bonds is 14. The normalized spacial score (nSPS) is 23.2. The van der Waals surface area contributed by atoms with Crippen molar-refractivity contribution in [2.24, 2.45) is 17.8 Å². The van der Waals surface area contributed by atoms with Crippen LogP contribution in [0.2, 0.25) is 10.0 Å². The standard InChI is InChI=1S/C39H47Cl2N3O4S/c1-3-4-17-42-38(46)36(21-27-9-6-5-7-10-27)43(25-33-34(40)11-8-12-35(33)41)37(45)26-44(49(2,47)48)32-15-13-31(14-16-32)39-22-28-18-29(23-39)20-30(19-28)24-39/h5-16,28-30,36H,3-4,17-26H2,1-2H3,(H,42,46). The molecular formula is C39H47Cl2N3O4S. The van der Waals surface area contributed by atoms with E-state index in [4.69, 9.17) is 23.2 Å². The van der Waals surface area contributed by atoms with E-state index in [0.29, 0.717) is 27.8 Å². The molecule has 0 saturated heterocycles. The Morgan fingerprint density at radius 3 is 2.02 bits per heavy atom. The maximum absolute atomic E-state index is 14.5. The average molecular weight is 725 g/mol. The van der Waals surface area contributed by atoms with Crippen LogP contribution in [-0.2, 0) is 38.0 Å². The Labute approximate surface area is 301 Å². The smallest absolute Gasteiger partial charge is 0.244 e. The molecule has 1 N–H and O–H groups in total. The van der Waals surface area contributed by atoms with Gasteiger partial charge in [-0.1, -0.05) is 85.1 Å². The Bertz CT molecular complexity index is 1690. The largest absolute Gasteiger partial charge is 0.354 e. The molecule has 4 bridgehead atoms. The van der Waals surface area contributed by atoms with Crippen molar-refractivity contribution in [3.05, 3.63) is 99.5 Å². The topological polar surface area (TPSA) is 86.8 Å². The molecule has 0 aliphatic heterocycles. The van der Waals surface area contributed by atoms with Crippen molar-refractivity contribution in [1.82, 2.24) is 10.2 Å². The van der Waals surface area contributed by atoms with E-state index in [0.717, 1.165) is 46.7 Å². The van der Waals surface area contributed by atoms with Gasteiger partial charge in [-0.2, -0.15) is 0 Å². The van der Waals surface area contributed by atoms with Crippen LogP contribution < -0.4 is 9.62 Å². The lowest BCUT2D eigenvalue weighted by Crippen LogP contribution is -2.53. The van der Waals surface area contributed by atoms with Gasteiger partial charge in [0, 0.05) is 35.1 Å². The van der Waals surface area contributed by atoms with Crippen LogP contribution in [0.15, 0.2) is 72.8 Å². The molecule has 3 aromatic rings. The van der Waals surface area contributed by atoms with Crippen molar-refractivity contribution in [1.29, 1.82) is 0 Å². The fourth-order valence-corrected chi connectivity index (χ4v) is 10.3. The van der Waals surface area contributed by atoms with Crippen molar-refractivity contribution in [2.75, 3.05) is 23.7 Å². The summed E-state index contributed by atoms with van der Waals surface area (Å²) in [6, 6.07) is 21.5. The fraction of sp³-hybridized carbons (Fsp3) is 0.487. The molecule has 4 aliphatic rings. The van der Waals surface area contributed by atoms with Gasteiger partial charge in [-0.15, -0.1) is 0 Å². The van der Waals surface area contributed by atoms with Crippen LogP contribution in [0.3, 0.4) is 0 Å². The molecule has 262 valence electrons. The fourth-order valence-electron chi connectivity index (χ4n) is 8.97. The molecule has 7 nitrogen and oxygen atoms in total. The lowest BCUT2D eigenvalue weighted by atomic mass is 9.48. The summed E-state index contributed by atoms with van der Waals surface area (Å²) in [5.41, 5.74) is 3.22. The zero-order valence-corrected chi connectivity index (χ0v) is 30.7. The maximum Gasteiger partial charge on any atom is 0.244 e. The van der Waals surface area contributed by atoms with Gasteiger partial charge in [-0.25, -0.2) is 8.42 Å². The SMILES string of the molecule is CCCCNC(=O)C(Cc1ccccc1)N(Cc1c(Cl)cccc1Cl)C(=O)CN(c1ccc(C23CC4CC(CC(C4)C2)C3)cc1)S(C)(=O)=O. The van der Waals surface area contributed by atoms with E-state index in [1.165, 1.54) is 49.0 Å². The van der Waals surface area contributed by atoms with E-state index in [1.54, 1.807) is 18.2 Å². The van der Waals surface area contributed by atoms with Crippen LogP contribution in [0.1, 0.15) is 75.0 Å². The number of carbonyl (C=O) groups excluding carboxylic acids is 2. The second-order valence-corrected chi connectivity index (χ2v) is 17.3. The summed E-state index contributed by atoms with van der Waals surface area (Å²) >= 11 is 13.2. The van der Waals surface area contributed by atoms with Crippen LogP contribution in [0.4, 0.5) is 5.69 Å². The Kier molecular flexibility index (Phi) is 11.0. The molecule has 4 fully saturated rings. The quantitative estimate of drug-likeness (QED) is 0.172. The molecule has 0 spiro atoms. The molecule has 0 radical (unpaired) electrons. The number of unbranched alkanes of at least 4 members (excludes halogenated alkanes) is 1. The van der Waals surface area contributed by atoms with Gasteiger partial charge in [0.05, 0.1) is 11.9 Å². The summed E-state index contributed by atoms with van der Waals surface area (Å²) in [5.74, 6) is 1.52. The number of sulfonamides is 1. The lowest BCUT2D eigenvalue weighted by molar-refractivity contribution is -0.140. The van der Waals surface area contributed by atoms with E-state index in [9.17, 15) is 18.0 Å². The van der Waals surface area contributed by atoms with Crippen molar-refractivity contribution in [3.63, 3.8) is 0 Å². The molecule has 0 heterocycles. The van der Waals surface area contributed by atoms with Gasteiger partial charge < -0.3 is 10.2 Å². The van der Waals surface area contributed by atoms with Gasteiger partial charge >= 0.3 is 0 Å². The molecular weight excluding hydrogens is 677 g/mol. The number of anilines is 1. The summed E-state index contributed by atoms with van der Waals surface area (Å²) in [6.45, 7) is 1.95. The summed E-state index contributed by atoms with van der Waals surface area (Å²) in [4.78, 5) is 29.8. The van der Waals surface area contributed by atoms with E-state index in [2.05, 4.69) is 17.4 Å². The number of benzene rings is 3. The van der Waals surface area contributed by atoms with E-state index in [-0.39, 0.29) is 24.3 Å². The first-order valence-corrected chi connectivity index (χ1v) is 20.2. The highest BCUT2D eigenvalue weighted by atomic mass is 35.5. The third-order valence-electron chi connectivity index (χ3n) is 11.0. The van der Waals surface area contributed by atoms with Crippen molar-refractivity contribution in [2.45, 2.75) is 82.7 Å². The van der Waals surface area contributed by atoms with Crippen LogP contribution in [0.5, 0.6) is 0 Å². The van der Waals surface area contributed by atoms with Gasteiger partial charge in [0.15, 0.2) is 0 Å². The Hall–Kier alpha value is -3.07. The summed E-state index contributed by atoms with van der Waals surface area (Å²) in [7, 11) is -3.88. The van der Waals surface area contributed by atoms with Gasteiger partial charge in [0.1, 0.15) is 12.6 Å². The van der Waals surface area contributed by atoms with Crippen LogP contribution in [0, 0.1) is 17.8 Å². The number of nitrogens with zero attached hydrogens (tertiary/aromatic N) is 2. The minimum Gasteiger partial charge on any atom is -0.354 e. The highest BCUT2D eigenvalue weighted by Gasteiger charge is 2.51. The highest BCUT2D eigenvalue weighted by Crippen LogP contribution is 2.60. The molecule has 1 atom stereocenters. The molecule has 49 heavy (non-hydrogen) atoms. The zero-order chi connectivity index (χ0) is 34.8. The van der Waals surface area contributed by atoms with Crippen molar-refractivity contribution in [3.8, 4) is 0 Å². The van der Waals surface area contributed by atoms with Crippen molar-refractivity contribution >= 4 is 50.7 Å². The minimum atomic E-state index is -3.88. The Balaban J connectivity index is 1.32. The first-order valence-electron chi connectivity index (χ1n) is 17.6. The molecule has 0 aromatic heterocycles. The molecule has 3 aromatic carbocycles. The first-order chi connectivity index (χ1) is 23.5. The Morgan fingerprint density at radius 1 is 0.878 bits per heavy atom. The molecule has 4 aliphatic carbocycles. The molecule has 2 amide bonds. The van der Waals surface area contributed by atoms with Crippen LogP contribution in [0.25, 0.3) is 0 Å². The summed E-state index contributed by atoms with van der Waals surface area (Å²) in [6.07, 6.45) is 10.7. The number of halogens is 2. The second kappa shape index (κ2) is 15.0.